The van der Waals surface area contributed by atoms with E-state index in [0.29, 0.717) is 13.1 Å². The van der Waals surface area contributed by atoms with Crippen molar-refractivity contribution in [3.8, 4) is 0 Å². The van der Waals surface area contributed by atoms with Crippen molar-refractivity contribution in [3.05, 3.63) is 66.4 Å². The zero-order valence-electron chi connectivity index (χ0n) is 14.0. The number of nitrogens with zero attached hydrogens (tertiary/aromatic N) is 1. The van der Waals surface area contributed by atoms with E-state index in [9.17, 15) is 4.79 Å². The number of amides is 1. The number of carbonyl (C=O) groups excluding carboxylic acids is 1. The van der Waals surface area contributed by atoms with Crippen LogP contribution < -0.4 is 10.6 Å². The van der Waals surface area contributed by atoms with E-state index in [1.165, 1.54) is 5.39 Å². The van der Waals surface area contributed by atoms with E-state index in [4.69, 9.17) is 0 Å². The van der Waals surface area contributed by atoms with Crippen LogP contribution in [-0.2, 0) is 11.3 Å². The summed E-state index contributed by atoms with van der Waals surface area (Å²) in [5, 5.41) is 7.52. The van der Waals surface area contributed by atoms with Crippen LogP contribution in [0.15, 0.2) is 60.7 Å². The lowest BCUT2D eigenvalue weighted by Crippen LogP contribution is -2.29. The average Bonchev–Trinajstić information content (AvgIpc) is 2.91. The lowest BCUT2D eigenvalue weighted by atomic mass is 10.2. The maximum atomic E-state index is 12.2. The van der Waals surface area contributed by atoms with E-state index < -0.39 is 0 Å². The van der Waals surface area contributed by atoms with Gasteiger partial charge in [-0.2, -0.15) is 0 Å². The van der Waals surface area contributed by atoms with Crippen molar-refractivity contribution in [1.29, 1.82) is 0 Å². The molecule has 2 aromatic carbocycles. The number of hydrogen-bond donors (Lipinski definition) is 2. The normalized spacial score (nSPS) is 10.7. The number of aryl methyl sites for hydroxylation is 1. The van der Waals surface area contributed by atoms with Crippen molar-refractivity contribution in [2.45, 2.75) is 19.9 Å². The average molecular weight is 321 g/mol. The fraction of sp³-hybridized carbons (Fsp3) is 0.250. The number of carbonyl (C=O) groups is 1. The van der Waals surface area contributed by atoms with Crippen LogP contribution in [0.3, 0.4) is 0 Å². The number of aromatic nitrogens is 1. The van der Waals surface area contributed by atoms with Crippen molar-refractivity contribution in [3.63, 3.8) is 0 Å². The second-order valence-electron chi connectivity index (χ2n) is 5.93. The fourth-order valence-corrected chi connectivity index (χ4v) is 2.86. The molecule has 24 heavy (non-hydrogen) atoms. The van der Waals surface area contributed by atoms with E-state index in [1.54, 1.807) is 0 Å². The van der Waals surface area contributed by atoms with Gasteiger partial charge in [0.25, 0.3) is 0 Å². The van der Waals surface area contributed by atoms with Gasteiger partial charge in [0.2, 0.25) is 5.91 Å². The van der Waals surface area contributed by atoms with Gasteiger partial charge in [0, 0.05) is 30.0 Å². The number of benzene rings is 2. The smallest absolute Gasteiger partial charge is 0.239 e. The second-order valence-corrected chi connectivity index (χ2v) is 5.93. The standard InChI is InChI=1S/C20H23N3O/c1-16-14-17-8-5-6-11-19(17)23(16)15-20(24)22-13-7-12-21-18-9-3-2-4-10-18/h2-6,8-11,14,21H,7,12-13,15H2,1H3,(H,22,24). The molecule has 1 aromatic heterocycles. The minimum Gasteiger partial charge on any atom is -0.385 e. The first-order chi connectivity index (χ1) is 11.7. The minimum absolute atomic E-state index is 0.0548. The summed E-state index contributed by atoms with van der Waals surface area (Å²) in [5.74, 6) is 0.0548. The molecule has 0 aliphatic rings. The fourth-order valence-electron chi connectivity index (χ4n) is 2.86. The zero-order chi connectivity index (χ0) is 16.8. The van der Waals surface area contributed by atoms with Gasteiger partial charge >= 0.3 is 0 Å². The van der Waals surface area contributed by atoms with Crippen LogP contribution in [0, 0.1) is 6.92 Å². The summed E-state index contributed by atoms with van der Waals surface area (Å²) in [6, 6.07) is 20.4. The van der Waals surface area contributed by atoms with Gasteiger partial charge in [0.1, 0.15) is 6.54 Å². The Kier molecular flexibility index (Phi) is 5.16. The Balaban J connectivity index is 1.45. The van der Waals surface area contributed by atoms with Crippen LogP contribution in [-0.4, -0.2) is 23.6 Å². The van der Waals surface area contributed by atoms with Gasteiger partial charge in [0.15, 0.2) is 0 Å². The molecule has 0 spiro atoms. The Hall–Kier alpha value is -2.75. The van der Waals surface area contributed by atoms with Crippen molar-refractivity contribution in [2.75, 3.05) is 18.4 Å². The summed E-state index contributed by atoms with van der Waals surface area (Å²) < 4.78 is 2.06. The Morgan fingerprint density at radius 3 is 2.58 bits per heavy atom. The van der Waals surface area contributed by atoms with Crippen molar-refractivity contribution in [2.24, 2.45) is 0 Å². The monoisotopic (exact) mass is 321 g/mol. The van der Waals surface area contributed by atoms with Crippen molar-refractivity contribution >= 4 is 22.5 Å². The maximum absolute atomic E-state index is 12.2. The zero-order valence-corrected chi connectivity index (χ0v) is 14.0. The van der Waals surface area contributed by atoms with Crippen LogP contribution in [0.5, 0.6) is 0 Å². The van der Waals surface area contributed by atoms with E-state index >= 15 is 0 Å². The first-order valence-electron chi connectivity index (χ1n) is 8.34. The predicted molar refractivity (Wildman–Crippen MR) is 99.2 cm³/mol. The Morgan fingerprint density at radius 1 is 1.00 bits per heavy atom. The third-order valence-electron chi connectivity index (χ3n) is 4.10. The van der Waals surface area contributed by atoms with E-state index in [0.717, 1.165) is 29.9 Å². The maximum Gasteiger partial charge on any atom is 0.239 e. The summed E-state index contributed by atoms with van der Waals surface area (Å²) in [7, 11) is 0. The molecule has 1 amide bonds. The molecule has 4 heteroatoms. The van der Waals surface area contributed by atoms with Crippen LogP contribution in [0.25, 0.3) is 10.9 Å². The predicted octanol–water partition coefficient (Wildman–Crippen LogP) is 3.57. The first-order valence-corrected chi connectivity index (χ1v) is 8.34. The molecule has 0 saturated carbocycles. The molecule has 1 heterocycles. The highest BCUT2D eigenvalue weighted by Gasteiger charge is 2.08. The molecular formula is C20H23N3O. The van der Waals surface area contributed by atoms with Gasteiger partial charge in [-0.15, -0.1) is 0 Å². The van der Waals surface area contributed by atoms with Crippen LogP contribution in [0.4, 0.5) is 5.69 Å². The summed E-state index contributed by atoms with van der Waals surface area (Å²) in [6.45, 7) is 3.93. The molecule has 0 bridgehead atoms. The largest absolute Gasteiger partial charge is 0.385 e. The molecule has 3 aromatic rings. The van der Waals surface area contributed by atoms with Crippen LogP contribution in [0.2, 0.25) is 0 Å². The Labute approximate surface area is 142 Å². The van der Waals surface area contributed by atoms with E-state index in [2.05, 4.69) is 33.4 Å². The van der Waals surface area contributed by atoms with Crippen molar-refractivity contribution in [1.82, 2.24) is 9.88 Å². The molecule has 0 saturated heterocycles. The molecule has 0 atom stereocenters. The lowest BCUT2D eigenvalue weighted by molar-refractivity contribution is -0.121. The molecule has 124 valence electrons. The number of para-hydroxylation sites is 2. The van der Waals surface area contributed by atoms with E-state index in [-0.39, 0.29) is 5.91 Å². The number of anilines is 1. The van der Waals surface area contributed by atoms with Crippen LogP contribution >= 0.6 is 0 Å². The van der Waals surface area contributed by atoms with E-state index in [1.807, 2.05) is 49.4 Å². The molecule has 0 radical (unpaired) electrons. The molecule has 0 aliphatic carbocycles. The van der Waals surface area contributed by atoms with Gasteiger partial charge in [-0.3, -0.25) is 4.79 Å². The SMILES string of the molecule is Cc1cc2ccccc2n1CC(=O)NCCCNc1ccccc1. The second kappa shape index (κ2) is 7.68. The van der Waals surface area contributed by atoms with Gasteiger partial charge in [-0.1, -0.05) is 36.4 Å². The molecule has 0 unspecified atom stereocenters. The van der Waals surface area contributed by atoms with Gasteiger partial charge in [0.05, 0.1) is 0 Å². The number of fused-ring (bicyclic) bond motifs is 1. The third kappa shape index (κ3) is 3.96. The Morgan fingerprint density at radius 2 is 1.75 bits per heavy atom. The highest BCUT2D eigenvalue weighted by atomic mass is 16.1. The molecule has 4 nitrogen and oxygen atoms in total. The molecule has 0 fully saturated rings. The minimum atomic E-state index is 0.0548. The Bertz CT molecular complexity index is 808. The van der Waals surface area contributed by atoms with Gasteiger partial charge < -0.3 is 15.2 Å². The summed E-state index contributed by atoms with van der Waals surface area (Å²) in [4.78, 5) is 12.2. The summed E-state index contributed by atoms with van der Waals surface area (Å²) in [6.07, 6.45) is 0.895. The molecule has 0 aliphatic heterocycles. The molecule has 2 N–H and O–H groups in total. The number of nitrogens with one attached hydrogen (secondary N) is 2. The lowest BCUT2D eigenvalue weighted by Gasteiger charge is -2.10. The molecule has 3 rings (SSSR count). The quantitative estimate of drug-likeness (QED) is 0.654. The van der Waals surface area contributed by atoms with Gasteiger partial charge in [-0.05, 0) is 43.0 Å². The van der Waals surface area contributed by atoms with Crippen molar-refractivity contribution < 1.29 is 4.79 Å². The van der Waals surface area contributed by atoms with Crippen LogP contribution in [0.1, 0.15) is 12.1 Å². The highest BCUT2D eigenvalue weighted by Crippen LogP contribution is 2.18. The third-order valence-corrected chi connectivity index (χ3v) is 4.10. The van der Waals surface area contributed by atoms with Gasteiger partial charge in [-0.25, -0.2) is 0 Å². The first kappa shape index (κ1) is 16.1. The topological polar surface area (TPSA) is 46.1 Å². The number of rotatable bonds is 7. The highest BCUT2D eigenvalue weighted by molar-refractivity contribution is 5.84. The molecular weight excluding hydrogens is 298 g/mol. The number of hydrogen-bond acceptors (Lipinski definition) is 2. The summed E-state index contributed by atoms with van der Waals surface area (Å²) in [5.41, 5.74) is 3.33. The summed E-state index contributed by atoms with van der Waals surface area (Å²) >= 11 is 0.